The lowest BCUT2D eigenvalue weighted by molar-refractivity contribution is -0.141. The molecule has 0 aliphatic rings. The summed E-state index contributed by atoms with van der Waals surface area (Å²) in [5, 5.41) is 2.50. The summed E-state index contributed by atoms with van der Waals surface area (Å²) in [4.78, 5) is 10.3. The van der Waals surface area contributed by atoms with Crippen LogP contribution in [0.3, 0.4) is 0 Å². The number of methoxy groups -OCH3 is 1. The molecule has 0 atom stereocenters. The molecule has 0 amide bonds. The Morgan fingerprint density at radius 1 is 0.885 bits per heavy atom. The molecule has 0 aromatic rings. The van der Waals surface area contributed by atoms with Crippen molar-refractivity contribution in [2.24, 2.45) is 0 Å². The average molecular weight is 448 g/mol. The van der Waals surface area contributed by atoms with E-state index in [1.807, 2.05) is 0 Å². The van der Waals surface area contributed by atoms with Gasteiger partial charge in [0.15, 0.2) is 0 Å². The second-order valence-electron chi connectivity index (χ2n) is 3.41. The predicted molar refractivity (Wildman–Crippen MR) is 78.3 cm³/mol. The van der Waals surface area contributed by atoms with Crippen molar-refractivity contribution < 1.29 is 61.0 Å². The smallest absolute Gasteiger partial charge is 0.307 e. The number of esters is 1. The number of rotatable bonds is 9. The summed E-state index contributed by atoms with van der Waals surface area (Å²) >= 11 is 0. The molecule has 0 aliphatic carbocycles. The van der Waals surface area contributed by atoms with E-state index in [4.69, 9.17) is 0 Å². The topological polar surface area (TPSA) is 238 Å². The van der Waals surface area contributed by atoms with Gasteiger partial charge in [-0.05, 0) is 6.54 Å². The molecular formula is C8H18NO14S3-3. The molecule has 0 saturated heterocycles. The molecule has 0 radical (unpaired) electrons. The normalized spacial score (nSPS) is 11.5. The molecular weight excluding hydrogens is 430 g/mol. The number of hydrogen-bond acceptors (Lipinski definition) is 15. The molecule has 0 spiro atoms. The zero-order valence-electron chi connectivity index (χ0n) is 13.8. The number of hydrogen-bond donors (Lipinski definition) is 1. The summed E-state index contributed by atoms with van der Waals surface area (Å²) in [5.74, 6) is -0.631. The van der Waals surface area contributed by atoms with Gasteiger partial charge >= 0.3 is 5.97 Å². The van der Waals surface area contributed by atoms with E-state index in [9.17, 15) is 43.7 Å². The monoisotopic (exact) mass is 448 g/mol. The summed E-state index contributed by atoms with van der Waals surface area (Å²) in [6.07, 6.45) is -0.252. The van der Waals surface area contributed by atoms with E-state index < -0.39 is 43.8 Å². The van der Waals surface area contributed by atoms with Crippen molar-refractivity contribution in [1.29, 1.82) is 0 Å². The number of carbonyl (C=O) groups is 1. The number of ether oxygens (including phenoxy) is 1. The minimum absolute atomic E-state index is 0.248. The van der Waals surface area contributed by atoms with Crippen LogP contribution in [0.25, 0.3) is 0 Å². The molecule has 0 bridgehead atoms. The van der Waals surface area contributed by atoms with Gasteiger partial charge in [-0.1, -0.05) is 6.92 Å². The van der Waals surface area contributed by atoms with Crippen LogP contribution < -0.4 is 5.32 Å². The zero-order chi connectivity index (χ0) is 21.4. The lowest BCUT2D eigenvalue weighted by Crippen LogP contribution is -2.19. The van der Waals surface area contributed by atoms with E-state index in [-0.39, 0.29) is 13.2 Å². The van der Waals surface area contributed by atoms with Gasteiger partial charge in [-0.3, -0.25) is 22.7 Å². The van der Waals surface area contributed by atoms with Crippen molar-refractivity contribution in [3.8, 4) is 0 Å². The Labute approximate surface area is 151 Å². The molecule has 0 fully saturated rings. The predicted octanol–water partition coefficient (Wildman–Crippen LogP) is -2.85. The van der Waals surface area contributed by atoms with Crippen LogP contribution in [0.5, 0.6) is 0 Å². The van der Waals surface area contributed by atoms with Gasteiger partial charge in [0.1, 0.15) is 6.73 Å². The zero-order valence-corrected chi connectivity index (χ0v) is 16.2. The Morgan fingerprint density at radius 3 is 1.58 bits per heavy atom. The van der Waals surface area contributed by atoms with Gasteiger partial charge in [-0.15, -0.1) is 0 Å². The van der Waals surface area contributed by atoms with Crippen LogP contribution in [0.2, 0.25) is 0 Å². The van der Waals surface area contributed by atoms with Crippen molar-refractivity contribution >= 4 is 37.2 Å². The van der Waals surface area contributed by atoms with Crippen LogP contribution in [0, 0.1) is 0 Å². The fourth-order valence-corrected chi connectivity index (χ4v) is 1.06. The van der Waals surface area contributed by atoms with Crippen molar-refractivity contribution in [1.82, 2.24) is 5.32 Å². The highest BCUT2D eigenvalue weighted by atomic mass is 32.3. The quantitative estimate of drug-likeness (QED) is 0.123. The highest BCUT2D eigenvalue weighted by Crippen LogP contribution is 1.90. The van der Waals surface area contributed by atoms with Gasteiger partial charge in [0, 0.05) is 0 Å². The fraction of sp³-hybridized carbons (Fsp3) is 0.875. The Kier molecular flexibility index (Phi) is 17.3. The Hall–Kier alpha value is -0.960. The number of carbonyl (C=O) groups excluding carboxylic acids is 1. The molecule has 0 aliphatic heterocycles. The summed E-state index contributed by atoms with van der Waals surface area (Å²) < 4.78 is 101. The van der Waals surface area contributed by atoms with E-state index in [1.165, 1.54) is 0 Å². The standard InChI is InChI=1S/C4H8O6S.C3H9NO4S.CH4O4S/c1-9-4(5)2-3-10-11(6,7)8;1-2-4-3-8-9(5,6)7;1-5-6(2,3)4/h2-3H2,1H3,(H,6,7,8);4H,2-3H2,1H3,(H,5,6,7);1H3,(H,2,3,4)/p-3. The first-order valence-corrected chi connectivity index (χ1v) is 10.1. The summed E-state index contributed by atoms with van der Waals surface area (Å²) in [5.41, 5.74) is 0. The minimum Gasteiger partial charge on any atom is -0.726 e. The highest BCUT2D eigenvalue weighted by molar-refractivity contribution is 7.81. The molecule has 18 heteroatoms. The Bertz CT molecular complexity index is 667. The fourth-order valence-electron chi connectivity index (χ4n) is 0.545. The summed E-state index contributed by atoms with van der Waals surface area (Å²) in [7, 11) is -11.7. The van der Waals surface area contributed by atoms with Gasteiger partial charge in [0.2, 0.25) is 31.2 Å². The van der Waals surface area contributed by atoms with E-state index in [1.54, 1.807) is 6.92 Å². The van der Waals surface area contributed by atoms with Crippen LogP contribution in [-0.4, -0.2) is 79.0 Å². The van der Waals surface area contributed by atoms with Crippen LogP contribution in [0.4, 0.5) is 0 Å². The van der Waals surface area contributed by atoms with Gasteiger partial charge in [0.05, 0.1) is 27.2 Å². The molecule has 0 heterocycles. The third-order valence-electron chi connectivity index (χ3n) is 1.52. The van der Waals surface area contributed by atoms with Crippen LogP contribution >= 0.6 is 0 Å². The maximum absolute atomic E-state index is 10.3. The van der Waals surface area contributed by atoms with Crippen molar-refractivity contribution in [2.75, 3.05) is 34.1 Å². The van der Waals surface area contributed by atoms with Gasteiger partial charge < -0.3 is 18.4 Å². The van der Waals surface area contributed by atoms with E-state index in [0.29, 0.717) is 6.54 Å². The second kappa shape index (κ2) is 15.1. The van der Waals surface area contributed by atoms with Gasteiger partial charge in [-0.25, -0.2) is 25.3 Å². The largest absolute Gasteiger partial charge is 0.726 e. The van der Waals surface area contributed by atoms with Crippen LogP contribution in [0.1, 0.15) is 13.3 Å². The first-order valence-electron chi connectivity index (χ1n) is 6.07. The molecule has 0 unspecified atom stereocenters. The third-order valence-corrected chi connectivity index (χ3v) is 2.79. The molecule has 0 aromatic carbocycles. The Balaban J connectivity index is -0.000000319. The third kappa shape index (κ3) is 38.5. The van der Waals surface area contributed by atoms with Crippen LogP contribution in [-0.2, 0) is 53.3 Å². The molecule has 15 nitrogen and oxygen atoms in total. The summed E-state index contributed by atoms with van der Waals surface area (Å²) in [6.45, 7) is 1.61. The molecule has 26 heavy (non-hydrogen) atoms. The lowest BCUT2D eigenvalue weighted by atomic mass is 10.5. The van der Waals surface area contributed by atoms with Crippen molar-refractivity contribution in [3.05, 3.63) is 0 Å². The van der Waals surface area contributed by atoms with Crippen molar-refractivity contribution in [2.45, 2.75) is 13.3 Å². The maximum atomic E-state index is 10.3. The first-order chi connectivity index (χ1) is 11.6. The van der Waals surface area contributed by atoms with Crippen molar-refractivity contribution in [3.63, 3.8) is 0 Å². The lowest BCUT2D eigenvalue weighted by Gasteiger charge is -2.06. The summed E-state index contributed by atoms with van der Waals surface area (Å²) in [6, 6.07) is 0. The average Bonchev–Trinajstić information content (AvgIpc) is 2.45. The molecule has 0 saturated carbocycles. The maximum Gasteiger partial charge on any atom is 0.307 e. The van der Waals surface area contributed by atoms with E-state index in [2.05, 4.69) is 22.6 Å². The molecule has 1 N–H and O–H groups in total. The minimum atomic E-state index is -4.69. The molecule has 0 aromatic heterocycles. The van der Waals surface area contributed by atoms with Gasteiger partial charge in [-0.2, -0.15) is 0 Å². The first kappa shape index (κ1) is 29.8. The van der Waals surface area contributed by atoms with E-state index >= 15 is 0 Å². The second-order valence-corrected chi connectivity index (χ2v) is 6.66. The highest BCUT2D eigenvalue weighted by Gasteiger charge is 2.01. The molecule has 0 rings (SSSR count). The Morgan fingerprint density at radius 2 is 1.31 bits per heavy atom. The van der Waals surface area contributed by atoms with Gasteiger partial charge in [0.25, 0.3) is 0 Å². The van der Waals surface area contributed by atoms with Crippen LogP contribution in [0.15, 0.2) is 0 Å². The number of nitrogens with one attached hydrogen (secondary N) is 1. The molecule has 160 valence electrons. The van der Waals surface area contributed by atoms with E-state index in [0.717, 1.165) is 14.2 Å². The SMILES string of the molecule is CCNCOS(=O)(=O)[O-].COC(=O)CCOS(=O)(=O)[O-].COS(=O)(=O)[O-].